The molecule has 2 atom stereocenters. The minimum absolute atomic E-state index is 0.0448. The van der Waals surface area contributed by atoms with E-state index in [1.807, 2.05) is 0 Å². The van der Waals surface area contributed by atoms with Gasteiger partial charge in [0.1, 0.15) is 5.54 Å². The summed E-state index contributed by atoms with van der Waals surface area (Å²) in [6, 6.07) is 1.09. The molecule has 0 aromatic carbocycles. The van der Waals surface area contributed by atoms with Crippen LogP contribution in [-0.4, -0.2) is 48.7 Å². The Morgan fingerprint density at radius 1 is 1.29 bits per heavy atom. The fourth-order valence-electron chi connectivity index (χ4n) is 4.06. The highest BCUT2D eigenvalue weighted by molar-refractivity contribution is 5.81. The normalized spacial score (nSPS) is 33.2. The van der Waals surface area contributed by atoms with Gasteiger partial charge < -0.3 is 9.64 Å². The zero-order valence-electron chi connectivity index (χ0n) is 13.6. The van der Waals surface area contributed by atoms with E-state index in [2.05, 4.69) is 17.1 Å². The molecule has 0 radical (unpaired) electrons. The van der Waals surface area contributed by atoms with Crippen LogP contribution in [-0.2, 0) is 9.53 Å². The molecule has 4 heteroatoms. The van der Waals surface area contributed by atoms with Crippen LogP contribution in [0.25, 0.3) is 0 Å². The van der Waals surface area contributed by atoms with Gasteiger partial charge in [-0.25, -0.2) is 0 Å². The first-order valence-corrected chi connectivity index (χ1v) is 8.77. The van der Waals surface area contributed by atoms with E-state index in [9.17, 15) is 4.79 Å². The highest BCUT2D eigenvalue weighted by Gasteiger charge is 2.50. The SMILES string of the molecule is CCN(CC1CCC1)C1CCC(NC2CC2)(C(=O)OC)C1. The molecule has 0 aromatic rings. The molecule has 3 rings (SSSR count). The number of carbonyl (C=O) groups is 1. The summed E-state index contributed by atoms with van der Waals surface area (Å²) in [5.74, 6) is 0.853. The Balaban J connectivity index is 1.63. The molecule has 3 saturated carbocycles. The molecule has 3 aliphatic rings. The van der Waals surface area contributed by atoms with Crippen molar-refractivity contribution in [3.05, 3.63) is 0 Å². The first-order valence-electron chi connectivity index (χ1n) is 8.77. The van der Waals surface area contributed by atoms with Gasteiger partial charge in [0.05, 0.1) is 7.11 Å². The van der Waals surface area contributed by atoms with Gasteiger partial charge in [-0.05, 0) is 57.4 Å². The Morgan fingerprint density at radius 3 is 2.57 bits per heavy atom. The standard InChI is InChI=1S/C17H30N2O2/c1-3-19(12-13-5-4-6-13)15-9-10-17(11-15,16(20)21-2)18-14-7-8-14/h13-15,18H,3-12H2,1-2H3. The second-order valence-electron chi connectivity index (χ2n) is 7.27. The molecule has 0 saturated heterocycles. The van der Waals surface area contributed by atoms with Crippen molar-refractivity contribution in [2.45, 2.75) is 75.9 Å². The van der Waals surface area contributed by atoms with Crippen LogP contribution >= 0.6 is 0 Å². The third-order valence-corrected chi connectivity index (χ3v) is 5.76. The van der Waals surface area contributed by atoms with Crippen LogP contribution in [0.4, 0.5) is 0 Å². The van der Waals surface area contributed by atoms with Crippen molar-refractivity contribution in [1.82, 2.24) is 10.2 Å². The summed E-state index contributed by atoms with van der Waals surface area (Å²) >= 11 is 0. The summed E-state index contributed by atoms with van der Waals surface area (Å²) in [6.07, 6.45) is 9.60. The predicted octanol–water partition coefficient (Wildman–Crippen LogP) is 2.32. The minimum Gasteiger partial charge on any atom is -0.468 e. The lowest BCUT2D eigenvalue weighted by molar-refractivity contribution is -0.148. The van der Waals surface area contributed by atoms with Gasteiger partial charge in [-0.15, -0.1) is 0 Å². The Morgan fingerprint density at radius 2 is 2.05 bits per heavy atom. The summed E-state index contributed by atoms with van der Waals surface area (Å²) in [6.45, 7) is 4.58. The van der Waals surface area contributed by atoms with Gasteiger partial charge in [0, 0.05) is 18.6 Å². The molecule has 4 nitrogen and oxygen atoms in total. The Kier molecular flexibility index (Phi) is 4.55. The molecule has 3 aliphatic carbocycles. The number of rotatable bonds is 7. The summed E-state index contributed by atoms with van der Waals surface area (Å²) < 4.78 is 5.12. The molecule has 0 bridgehead atoms. The third kappa shape index (κ3) is 3.26. The first-order chi connectivity index (χ1) is 10.2. The molecule has 0 heterocycles. The van der Waals surface area contributed by atoms with E-state index in [4.69, 9.17) is 4.74 Å². The van der Waals surface area contributed by atoms with Gasteiger partial charge in [-0.1, -0.05) is 13.3 Å². The number of nitrogens with zero attached hydrogens (tertiary/aromatic N) is 1. The Labute approximate surface area is 128 Å². The lowest BCUT2D eigenvalue weighted by Gasteiger charge is -2.36. The van der Waals surface area contributed by atoms with Gasteiger partial charge in [-0.3, -0.25) is 10.1 Å². The highest BCUT2D eigenvalue weighted by Crippen LogP contribution is 2.38. The van der Waals surface area contributed by atoms with Gasteiger partial charge in [0.15, 0.2) is 0 Å². The topological polar surface area (TPSA) is 41.6 Å². The molecule has 21 heavy (non-hydrogen) atoms. The molecule has 1 N–H and O–H groups in total. The number of carbonyl (C=O) groups excluding carboxylic acids is 1. The second-order valence-corrected chi connectivity index (χ2v) is 7.27. The second kappa shape index (κ2) is 6.25. The smallest absolute Gasteiger partial charge is 0.326 e. The van der Waals surface area contributed by atoms with Crippen molar-refractivity contribution >= 4 is 5.97 Å². The molecule has 0 aromatic heterocycles. The van der Waals surface area contributed by atoms with Crippen molar-refractivity contribution in [3.63, 3.8) is 0 Å². The lowest BCUT2D eigenvalue weighted by atomic mass is 9.84. The van der Waals surface area contributed by atoms with Crippen molar-refractivity contribution in [2.75, 3.05) is 20.2 Å². The maximum absolute atomic E-state index is 12.3. The maximum Gasteiger partial charge on any atom is 0.326 e. The summed E-state index contributed by atoms with van der Waals surface area (Å²) in [7, 11) is 1.53. The lowest BCUT2D eigenvalue weighted by Crippen LogP contribution is -2.53. The third-order valence-electron chi connectivity index (χ3n) is 5.76. The van der Waals surface area contributed by atoms with Gasteiger partial charge in [0.25, 0.3) is 0 Å². The van der Waals surface area contributed by atoms with Crippen molar-refractivity contribution in [2.24, 2.45) is 5.92 Å². The Bertz CT molecular complexity index is 379. The molecule has 0 aliphatic heterocycles. The molecule has 2 unspecified atom stereocenters. The average Bonchev–Trinajstić information content (AvgIpc) is 3.15. The quantitative estimate of drug-likeness (QED) is 0.732. The van der Waals surface area contributed by atoms with Crippen LogP contribution in [0.5, 0.6) is 0 Å². The molecule has 3 fully saturated rings. The number of hydrogen-bond acceptors (Lipinski definition) is 4. The van der Waals surface area contributed by atoms with E-state index in [0.29, 0.717) is 12.1 Å². The first kappa shape index (κ1) is 15.3. The summed E-state index contributed by atoms with van der Waals surface area (Å²) in [5.41, 5.74) is -0.409. The Hall–Kier alpha value is -0.610. The number of methoxy groups -OCH3 is 1. The predicted molar refractivity (Wildman–Crippen MR) is 83.1 cm³/mol. The number of esters is 1. The molecule has 0 spiro atoms. The zero-order chi connectivity index (χ0) is 14.9. The summed E-state index contributed by atoms with van der Waals surface area (Å²) in [5, 5.41) is 3.61. The van der Waals surface area contributed by atoms with E-state index < -0.39 is 5.54 Å². The minimum atomic E-state index is -0.409. The van der Waals surface area contributed by atoms with E-state index in [1.54, 1.807) is 0 Å². The van der Waals surface area contributed by atoms with E-state index >= 15 is 0 Å². The molecular weight excluding hydrogens is 264 g/mol. The fourth-order valence-corrected chi connectivity index (χ4v) is 4.06. The molecular formula is C17H30N2O2. The average molecular weight is 294 g/mol. The van der Waals surface area contributed by atoms with Crippen LogP contribution in [0.15, 0.2) is 0 Å². The van der Waals surface area contributed by atoms with Crippen LogP contribution in [0.3, 0.4) is 0 Å². The largest absolute Gasteiger partial charge is 0.468 e. The van der Waals surface area contributed by atoms with Crippen molar-refractivity contribution < 1.29 is 9.53 Å². The van der Waals surface area contributed by atoms with Crippen LogP contribution < -0.4 is 5.32 Å². The highest BCUT2D eigenvalue weighted by atomic mass is 16.5. The van der Waals surface area contributed by atoms with Gasteiger partial charge in [0.2, 0.25) is 0 Å². The number of hydrogen-bond donors (Lipinski definition) is 1. The fraction of sp³-hybridized carbons (Fsp3) is 0.941. The van der Waals surface area contributed by atoms with Crippen molar-refractivity contribution in [1.29, 1.82) is 0 Å². The van der Waals surface area contributed by atoms with Crippen LogP contribution in [0, 0.1) is 5.92 Å². The monoisotopic (exact) mass is 294 g/mol. The van der Waals surface area contributed by atoms with Gasteiger partial charge >= 0.3 is 5.97 Å². The van der Waals surface area contributed by atoms with E-state index in [1.165, 1.54) is 45.8 Å². The van der Waals surface area contributed by atoms with Crippen LogP contribution in [0.1, 0.15) is 58.3 Å². The molecule has 0 amide bonds. The maximum atomic E-state index is 12.3. The zero-order valence-corrected chi connectivity index (χ0v) is 13.6. The van der Waals surface area contributed by atoms with Gasteiger partial charge in [-0.2, -0.15) is 0 Å². The number of nitrogens with one attached hydrogen (secondary N) is 1. The van der Waals surface area contributed by atoms with Crippen LogP contribution in [0.2, 0.25) is 0 Å². The van der Waals surface area contributed by atoms with E-state index in [0.717, 1.165) is 31.7 Å². The number of ether oxygens (including phenoxy) is 1. The van der Waals surface area contributed by atoms with Crippen molar-refractivity contribution in [3.8, 4) is 0 Å². The van der Waals surface area contributed by atoms with E-state index in [-0.39, 0.29) is 5.97 Å². The molecule has 120 valence electrons. The summed E-state index contributed by atoms with van der Waals surface area (Å²) in [4.78, 5) is 15.0.